The van der Waals surface area contributed by atoms with Gasteiger partial charge >= 0.3 is 5.97 Å². The molecule has 0 unspecified atom stereocenters. The van der Waals surface area contributed by atoms with E-state index < -0.39 is 28.4 Å². The number of benzene rings is 2. The van der Waals surface area contributed by atoms with Gasteiger partial charge in [0.05, 0.1) is 30.7 Å². The number of aryl methyl sites for hydroxylation is 1. The fourth-order valence-corrected chi connectivity index (χ4v) is 3.61. The third-order valence-corrected chi connectivity index (χ3v) is 5.26. The van der Waals surface area contributed by atoms with Crippen LogP contribution in [0.25, 0.3) is 0 Å². The Labute approximate surface area is 176 Å². The van der Waals surface area contributed by atoms with E-state index in [9.17, 15) is 18.0 Å². The fraction of sp³-hybridized carbons (Fsp3) is 0.333. The highest BCUT2D eigenvalue weighted by Crippen LogP contribution is 2.24. The minimum atomic E-state index is -3.72. The molecule has 0 saturated heterocycles. The summed E-state index contributed by atoms with van der Waals surface area (Å²) in [6, 6.07) is 11.3. The Morgan fingerprint density at radius 1 is 1.07 bits per heavy atom. The summed E-state index contributed by atoms with van der Waals surface area (Å²) in [7, 11) is -3.72. The molecule has 162 valence electrons. The minimum absolute atomic E-state index is 0.266. The molecule has 0 spiro atoms. The van der Waals surface area contributed by atoms with Crippen LogP contribution >= 0.6 is 0 Å². The number of hydrogen-bond donors (Lipinski definition) is 1. The lowest BCUT2D eigenvalue weighted by molar-refractivity contribution is -0.114. The molecule has 0 aliphatic carbocycles. The van der Waals surface area contributed by atoms with Crippen LogP contribution in [0.4, 0.5) is 11.4 Å². The Morgan fingerprint density at radius 2 is 1.80 bits per heavy atom. The summed E-state index contributed by atoms with van der Waals surface area (Å²) in [5.41, 5.74) is 1.83. The maximum atomic E-state index is 12.6. The molecule has 0 aliphatic rings. The van der Waals surface area contributed by atoms with Crippen LogP contribution in [0, 0.1) is 6.92 Å². The molecule has 0 radical (unpaired) electrons. The highest BCUT2D eigenvalue weighted by Gasteiger charge is 2.22. The van der Waals surface area contributed by atoms with Crippen molar-refractivity contribution in [3.63, 3.8) is 0 Å². The van der Waals surface area contributed by atoms with Crippen molar-refractivity contribution in [3.8, 4) is 5.75 Å². The molecule has 1 amide bonds. The van der Waals surface area contributed by atoms with Crippen LogP contribution in [-0.4, -0.2) is 46.3 Å². The van der Waals surface area contributed by atoms with Gasteiger partial charge in [-0.3, -0.25) is 9.10 Å². The van der Waals surface area contributed by atoms with Crippen molar-refractivity contribution >= 4 is 33.3 Å². The molecule has 2 aromatic rings. The maximum Gasteiger partial charge on any atom is 0.338 e. The molecular weight excluding hydrogens is 408 g/mol. The van der Waals surface area contributed by atoms with Gasteiger partial charge in [0.15, 0.2) is 0 Å². The fourth-order valence-electron chi connectivity index (χ4n) is 2.76. The molecule has 0 saturated carbocycles. The van der Waals surface area contributed by atoms with Gasteiger partial charge in [-0.2, -0.15) is 0 Å². The lowest BCUT2D eigenvalue weighted by Crippen LogP contribution is -2.37. The van der Waals surface area contributed by atoms with Gasteiger partial charge in [0.25, 0.3) is 0 Å². The Hall–Kier alpha value is -3.07. The Kier molecular flexibility index (Phi) is 7.82. The zero-order chi connectivity index (χ0) is 22.3. The first-order valence-corrected chi connectivity index (χ1v) is 11.3. The van der Waals surface area contributed by atoms with Crippen LogP contribution < -0.4 is 14.4 Å². The zero-order valence-corrected chi connectivity index (χ0v) is 18.3. The minimum Gasteiger partial charge on any atom is -0.494 e. The number of amides is 1. The summed E-state index contributed by atoms with van der Waals surface area (Å²) in [5, 5.41) is 2.69. The smallest absolute Gasteiger partial charge is 0.338 e. The molecule has 2 aromatic carbocycles. The number of carbonyl (C=O) groups excluding carboxylic acids is 2. The number of rotatable bonds is 9. The molecule has 9 heteroatoms. The van der Waals surface area contributed by atoms with Gasteiger partial charge < -0.3 is 14.8 Å². The lowest BCUT2D eigenvalue weighted by Gasteiger charge is -2.22. The topological polar surface area (TPSA) is 102 Å². The predicted octanol–water partition coefficient (Wildman–Crippen LogP) is 2.98. The SMILES string of the molecule is CCOC(=O)c1ccc(NC(=O)CN(c2cccc(OCC)c2)S(C)(=O)=O)c(C)c1. The van der Waals surface area contributed by atoms with E-state index in [0.29, 0.717) is 34.9 Å². The summed E-state index contributed by atoms with van der Waals surface area (Å²) in [4.78, 5) is 24.4. The highest BCUT2D eigenvalue weighted by atomic mass is 32.2. The van der Waals surface area contributed by atoms with Crippen LogP contribution in [0.15, 0.2) is 42.5 Å². The number of carbonyl (C=O) groups is 2. The number of esters is 1. The average molecular weight is 435 g/mol. The van der Waals surface area contributed by atoms with Crippen molar-refractivity contribution in [2.45, 2.75) is 20.8 Å². The van der Waals surface area contributed by atoms with Gasteiger partial charge in [-0.05, 0) is 56.7 Å². The molecule has 8 nitrogen and oxygen atoms in total. The van der Waals surface area contributed by atoms with Crippen molar-refractivity contribution in [3.05, 3.63) is 53.6 Å². The number of anilines is 2. The summed E-state index contributed by atoms with van der Waals surface area (Å²) >= 11 is 0. The Morgan fingerprint density at radius 3 is 2.40 bits per heavy atom. The predicted molar refractivity (Wildman–Crippen MR) is 116 cm³/mol. The second-order valence-electron chi connectivity index (χ2n) is 6.50. The van der Waals surface area contributed by atoms with E-state index in [1.54, 1.807) is 56.3 Å². The standard InChI is InChI=1S/C21H26N2O6S/c1-5-28-18-9-7-8-17(13-18)23(30(4,26)27)14-20(24)22-19-11-10-16(12-15(19)3)21(25)29-6-2/h7-13H,5-6,14H2,1-4H3,(H,22,24). The van der Waals surface area contributed by atoms with Crippen LogP contribution in [0.2, 0.25) is 0 Å². The quantitative estimate of drug-likeness (QED) is 0.609. The molecule has 0 heterocycles. The van der Waals surface area contributed by atoms with Gasteiger partial charge in [-0.25, -0.2) is 13.2 Å². The Bertz CT molecular complexity index is 1020. The molecule has 0 atom stereocenters. The van der Waals surface area contributed by atoms with Crippen molar-refractivity contribution in [1.29, 1.82) is 0 Å². The van der Waals surface area contributed by atoms with Crippen molar-refractivity contribution in [2.24, 2.45) is 0 Å². The van der Waals surface area contributed by atoms with Gasteiger partial charge in [0.1, 0.15) is 12.3 Å². The largest absolute Gasteiger partial charge is 0.494 e. The van der Waals surface area contributed by atoms with E-state index in [0.717, 1.165) is 10.6 Å². The average Bonchev–Trinajstić information content (AvgIpc) is 2.67. The lowest BCUT2D eigenvalue weighted by atomic mass is 10.1. The first kappa shape index (κ1) is 23.2. The summed E-state index contributed by atoms with van der Waals surface area (Å²) in [5.74, 6) is -0.459. The zero-order valence-electron chi connectivity index (χ0n) is 17.5. The van der Waals surface area contributed by atoms with Crippen molar-refractivity contribution < 1.29 is 27.5 Å². The van der Waals surface area contributed by atoms with Gasteiger partial charge in [0.2, 0.25) is 15.9 Å². The molecule has 1 N–H and O–H groups in total. The molecule has 30 heavy (non-hydrogen) atoms. The second-order valence-corrected chi connectivity index (χ2v) is 8.41. The molecule has 0 bridgehead atoms. The van der Waals surface area contributed by atoms with E-state index >= 15 is 0 Å². The van der Waals surface area contributed by atoms with Gasteiger partial charge in [-0.15, -0.1) is 0 Å². The van der Waals surface area contributed by atoms with Crippen LogP contribution in [0.5, 0.6) is 5.75 Å². The van der Waals surface area contributed by atoms with Gasteiger partial charge in [0, 0.05) is 11.8 Å². The summed E-state index contributed by atoms with van der Waals surface area (Å²) in [6.45, 7) is 5.57. The normalized spacial score (nSPS) is 10.9. The monoisotopic (exact) mass is 434 g/mol. The molecule has 0 aromatic heterocycles. The molecular formula is C21H26N2O6S. The van der Waals surface area contributed by atoms with E-state index in [1.807, 2.05) is 6.92 Å². The number of nitrogens with one attached hydrogen (secondary N) is 1. The second kappa shape index (κ2) is 10.1. The van der Waals surface area contributed by atoms with Crippen molar-refractivity contribution in [1.82, 2.24) is 0 Å². The van der Waals surface area contributed by atoms with Crippen LogP contribution in [0.1, 0.15) is 29.8 Å². The van der Waals surface area contributed by atoms with E-state index in [1.165, 1.54) is 0 Å². The van der Waals surface area contributed by atoms with Crippen LogP contribution in [-0.2, 0) is 19.6 Å². The molecule has 0 fully saturated rings. The first-order chi connectivity index (χ1) is 14.2. The van der Waals surface area contributed by atoms with Gasteiger partial charge in [-0.1, -0.05) is 6.07 Å². The highest BCUT2D eigenvalue weighted by molar-refractivity contribution is 7.92. The number of hydrogen-bond acceptors (Lipinski definition) is 6. The third kappa shape index (κ3) is 6.21. The summed E-state index contributed by atoms with van der Waals surface area (Å²) < 4.78 is 36.0. The van der Waals surface area contributed by atoms with E-state index in [2.05, 4.69) is 5.32 Å². The van der Waals surface area contributed by atoms with Crippen LogP contribution in [0.3, 0.4) is 0 Å². The Balaban J connectivity index is 2.19. The number of ether oxygens (including phenoxy) is 2. The van der Waals surface area contributed by atoms with Crippen molar-refractivity contribution in [2.75, 3.05) is 35.6 Å². The summed E-state index contributed by atoms with van der Waals surface area (Å²) in [6.07, 6.45) is 1.03. The molecule has 0 aliphatic heterocycles. The third-order valence-electron chi connectivity index (χ3n) is 4.12. The van der Waals surface area contributed by atoms with E-state index in [-0.39, 0.29) is 6.61 Å². The number of nitrogens with zero attached hydrogens (tertiary/aromatic N) is 1. The molecule has 2 rings (SSSR count). The first-order valence-electron chi connectivity index (χ1n) is 9.44. The van der Waals surface area contributed by atoms with E-state index in [4.69, 9.17) is 9.47 Å². The number of sulfonamides is 1. The maximum absolute atomic E-state index is 12.6.